The molecular formula is C24H33N5O2. The molecule has 4 heterocycles. The molecule has 1 aliphatic carbocycles. The Hall–Kier alpha value is -2.44. The van der Waals surface area contributed by atoms with Crippen molar-refractivity contribution in [3.63, 3.8) is 0 Å². The molecular weight excluding hydrogens is 390 g/mol. The van der Waals surface area contributed by atoms with Crippen LogP contribution in [-0.4, -0.2) is 62.6 Å². The first-order valence-electron chi connectivity index (χ1n) is 12.0. The Kier molecular flexibility index (Phi) is 5.44. The van der Waals surface area contributed by atoms with E-state index < -0.39 is 0 Å². The molecule has 5 rings (SSSR count). The summed E-state index contributed by atoms with van der Waals surface area (Å²) in [7, 11) is 0. The van der Waals surface area contributed by atoms with Crippen LogP contribution in [0.3, 0.4) is 0 Å². The smallest absolute Gasteiger partial charge is 0.254 e. The highest BCUT2D eigenvalue weighted by atomic mass is 16.2. The van der Waals surface area contributed by atoms with Gasteiger partial charge in [0, 0.05) is 49.8 Å². The van der Waals surface area contributed by atoms with Crippen LogP contribution in [0.25, 0.3) is 11.0 Å². The van der Waals surface area contributed by atoms with E-state index in [2.05, 4.69) is 18.9 Å². The molecule has 2 amide bonds. The highest BCUT2D eigenvalue weighted by Gasteiger charge is 2.33. The molecule has 0 N–H and O–H groups in total. The van der Waals surface area contributed by atoms with Gasteiger partial charge >= 0.3 is 0 Å². The van der Waals surface area contributed by atoms with Crippen LogP contribution in [0.5, 0.6) is 0 Å². The number of nitrogens with zero attached hydrogens (tertiary/aromatic N) is 5. The van der Waals surface area contributed by atoms with Crippen molar-refractivity contribution in [2.24, 2.45) is 5.92 Å². The van der Waals surface area contributed by atoms with Crippen molar-refractivity contribution in [2.45, 2.75) is 70.8 Å². The lowest BCUT2D eigenvalue weighted by atomic mass is 9.93. The fourth-order valence-electron chi connectivity index (χ4n) is 5.05. The zero-order chi connectivity index (χ0) is 21.5. The van der Waals surface area contributed by atoms with Gasteiger partial charge in [-0.25, -0.2) is 9.67 Å². The van der Waals surface area contributed by atoms with Gasteiger partial charge in [-0.2, -0.15) is 5.10 Å². The Morgan fingerprint density at radius 1 is 0.968 bits per heavy atom. The van der Waals surface area contributed by atoms with Crippen LogP contribution >= 0.6 is 0 Å². The quantitative estimate of drug-likeness (QED) is 0.751. The number of aromatic nitrogens is 3. The lowest BCUT2D eigenvalue weighted by Gasteiger charge is -2.35. The summed E-state index contributed by atoms with van der Waals surface area (Å²) >= 11 is 0. The summed E-state index contributed by atoms with van der Waals surface area (Å²) in [5.41, 5.74) is 2.56. The lowest BCUT2D eigenvalue weighted by molar-refractivity contribution is -0.137. The molecule has 2 aliphatic heterocycles. The number of carbonyl (C=O) groups is 2. The summed E-state index contributed by atoms with van der Waals surface area (Å²) in [6.45, 7) is 7.26. The molecule has 0 radical (unpaired) electrons. The summed E-state index contributed by atoms with van der Waals surface area (Å²) in [4.78, 5) is 35.2. The van der Waals surface area contributed by atoms with Crippen molar-refractivity contribution in [1.29, 1.82) is 0 Å². The van der Waals surface area contributed by atoms with Gasteiger partial charge in [-0.05, 0) is 64.9 Å². The maximum Gasteiger partial charge on any atom is 0.254 e. The predicted molar refractivity (Wildman–Crippen MR) is 119 cm³/mol. The third kappa shape index (κ3) is 3.94. The largest absolute Gasteiger partial charge is 0.342 e. The minimum Gasteiger partial charge on any atom is -0.342 e. The number of fused-ring (bicyclic) bond motifs is 1. The molecule has 31 heavy (non-hydrogen) atoms. The normalized spacial score (nSPS) is 20.6. The average Bonchev–Trinajstić information content (AvgIpc) is 3.56. The fourth-order valence-corrected chi connectivity index (χ4v) is 5.05. The number of pyridine rings is 1. The molecule has 1 saturated carbocycles. The molecule has 2 saturated heterocycles. The third-order valence-electron chi connectivity index (χ3n) is 7.10. The van der Waals surface area contributed by atoms with Crippen LogP contribution in [-0.2, 0) is 4.79 Å². The number of piperidine rings is 2. The summed E-state index contributed by atoms with van der Waals surface area (Å²) in [6, 6.07) is 2.19. The number of rotatable bonds is 4. The Bertz CT molecular complexity index is 979. The highest BCUT2D eigenvalue weighted by molar-refractivity contribution is 6.05. The Labute approximate surface area is 183 Å². The summed E-state index contributed by atoms with van der Waals surface area (Å²) in [5, 5.41) is 5.37. The molecule has 7 heteroatoms. The molecule has 0 spiro atoms. The second-order valence-electron chi connectivity index (χ2n) is 9.74. The van der Waals surface area contributed by atoms with Gasteiger partial charge in [0.1, 0.15) is 0 Å². The van der Waals surface area contributed by atoms with Crippen molar-refractivity contribution < 1.29 is 9.59 Å². The standard InChI is InChI=1S/C24H33N5O2/c1-16(2)29-22-20(15-25-29)19(14-21(26-22)17-6-7-17)24(31)28-12-8-18(9-13-28)23(30)27-10-4-3-5-11-27/h14-18H,3-13H2,1-2H3. The van der Waals surface area contributed by atoms with Crippen LogP contribution in [0.4, 0.5) is 0 Å². The predicted octanol–water partition coefficient (Wildman–Crippen LogP) is 3.75. The minimum atomic E-state index is 0.0569. The van der Waals surface area contributed by atoms with E-state index in [0.717, 1.165) is 73.9 Å². The van der Waals surface area contributed by atoms with Gasteiger partial charge in [0.05, 0.1) is 17.1 Å². The van der Waals surface area contributed by atoms with Crippen molar-refractivity contribution in [2.75, 3.05) is 26.2 Å². The van der Waals surface area contributed by atoms with E-state index in [9.17, 15) is 9.59 Å². The maximum absolute atomic E-state index is 13.5. The zero-order valence-corrected chi connectivity index (χ0v) is 18.7. The summed E-state index contributed by atoms with van der Waals surface area (Å²) in [6.07, 6.45) is 9.07. The van der Waals surface area contributed by atoms with Crippen molar-refractivity contribution >= 4 is 22.8 Å². The summed E-state index contributed by atoms with van der Waals surface area (Å²) < 4.78 is 1.92. The van der Waals surface area contributed by atoms with Gasteiger partial charge in [0.2, 0.25) is 5.91 Å². The van der Waals surface area contributed by atoms with Crippen LogP contribution in [0, 0.1) is 5.92 Å². The molecule has 0 atom stereocenters. The van der Waals surface area contributed by atoms with Gasteiger partial charge in [-0.15, -0.1) is 0 Å². The Morgan fingerprint density at radius 3 is 2.32 bits per heavy atom. The van der Waals surface area contributed by atoms with E-state index >= 15 is 0 Å². The first-order chi connectivity index (χ1) is 15.0. The molecule has 3 fully saturated rings. The second-order valence-corrected chi connectivity index (χ2v) is 9.74. The van der Waals surface area contributed by atoms with Gasteiger partial charge < -0.3 is 9.80 Å². The molecule has 2 aromatic heterocycles. The number of hydrogen-bond donors (Lipinski definition) is 0. The number of amides is 2. The van der Waals surface area contributed by atoms with E-state index in [0.29, 0.717) is 24.9 Å². The van der Waals surface area contributed by atoms with Crippen LogP contribution in [0.15, 0.2) is 12.3 Å². The SMILES string of the molecule is CC(C)n1ncc2c(C(=O)N3CCC(C(=O)N4CCCCC4)CC3)cc(C3CC3)nc21. The molecule has 166 valence electrons. The van der Waals surface area contributed by atoms with E-state index in [1.165, 1.54) is 6.42 Å². The Morgan fingerprint density at radius 2 is 1.68 bits per heavy atom. The summed E-state index contributed by atoms with van der Waals surface area (Å²) in [5.74, 6) is 0.887. The topological polar surface area (TPSA) is 71.3 Å². The van der Waals surface area contributed by atoms with Crippen LogP contribution in [0.1, 0.15) is 86.8 Å². The van der Waals surface area contributed by atoms with Crippen molar-refractivity contribution in [3.05, 3.63) is 23.5 Å². The molecule has 0 bridgehead atoms. The number of carbonyl (C=O) groups excluding carboxylic acids is 2. The van der Waals surface area contributed by atoms with Crippen LogP contribution < -0.4 is 0 Å². The first-order valence-corrected chi connectivity index (χ1v) is 12.0. The van der Waals surface area contributed by atoms with Crippen molar-refractivity contribution in [1.82, 2.24) is 24.6 Å². The second kappa shape index (κ2) is 8.24. The molecule has 0 aromatic carbocycles. The molecule has 7 nitrogen and oxygen atoms in total. The van der Waals surface area contributed by atoms with Gasteiger partial charge in [-0.3, -0.25) is 9.59 Å². The van der Waals surface area contributed by atoms with E-state index in [-0.39, 0.29) is 17.9 Å². The monoisotopic (exact) mass is 423 g/mol. The first kappa shape index (κ1) is 20.5. The van der Waals surface area contributed by atoms with E-state index in [1.807, 2.05) is 20.5 Å². The van der Waals surface area contributed by atoms with E-state index in [1.54, 1.807) is 6.20 Å². The van der Waals surface area contributed by atoms with Crippen molar-refractivity contribution in [3.8, 4) is 0 Å². The average molecular weight is 424 g/mol. The van der Waals surface area contributed by atoms with Gasteiger partial charge in [0.15, 0.2) is 5.65 Å². The zero-order valence-electron chi connectivity index (χ0n) is 18.7. The molecule has 0 unspecified atom stereocenters. The van der Waals surface area contributed by atoms with Gasteiger partial charge in [-0.1, -0.05) is 0 Å². The molecule has 3 aliphatic rings. The minimum absolute atomic E-state index is 0.0569. The molecule has 2 aromatic rings. The number of likely N-dealkylation sites (tertiary alicyclic amines) is 2. The highest BCUT2D eigenvalue weighted by Crippen LogP contribution is 2.40. The lowest BCUT2D eigenvalue weighted by Crippen LogP contribution is -2.45. The van der Waals surface area contributed by atoms with Gasteiger partial charge in [0.25, 0.3) is 5.91 Å². The number of hydrogen-bond acceptors (Lipinski definition) is 4. The van der Waals surface area contributed by atoms with E-state index in [4.69, 9.17) is 4.98 Å². The van der Waals surface area contributed by atoms with Crippen LogP contribution in [0.2, 0.25) is 0 Å². The Balaban J connectivity index is 1.34. The fraction of sp³-hybridized carbons (Fsp3) is 0.667. The third-order valence-corrected chi connectivity index (χ3v) is 7.10. The maximum atomic E-state index is 13.5.